The number of aliphatic hydroxyl groups excluding tert-OH is 4. The normalized spacial score (nSPS) is 36.6. The maximum atomic E-state index is 12.6. The van der Waals surface area contributed by atoms with Crippen molar-refractivity contribution >= 4 is 16.9 Å². The van der Waals surface area contributed by atoms with E-state index in [4.69, 9.17) is 18.9 Å². The van der Waals surface area contributed by atoms with Crippen molar-refractivity contribution in [1.29, 1.82) is 0 Å². The first-order valence-electron chi connectivity index (χ1n) is 12.9. The van der Waals surface area contributed by atoms with E-state index in [1.54, 1.807) is 0 Å². The smallest absolute Gasteiger partial charge is 0.337 e. The summed E-state index contributed by atoms with van der Waals surface area (Å²) in [6.07, 6.45) is -3.33. The molecule has 11 nitrogen and oxygen atoms in total. The number of para-hydroxylation sites is 1. The predicted octanol–water partition coefficient (Wildman–Crippen LogP) is 0.147. The molecule has 1 aromatic heterocycles. The number of methoxy groups -OCH3 is 1. The summed E-state index contributed by atoms with van der Waals surface area (Å²) in [5, 5.41) is 45.3. The summed E-state index contributed by atoms with van der Waals surface area (Å²) in [5.41, 5.74) is 4.67. The number of nitrogens with one attached hydrogen (secondary N) is 2. The average molecular weight is 529 g/mol. The van der Waals surface area contributed by atoms with E-state index in [0.717, 1.165) is 29.7 Å². The number of aliphatic hydroxyl groups is 4. The van der Waals surface area contributed by atoms with Crippen LogP contribution in [0.4, 0.5) is 0 Å². The highest BCUT2D eigenvalue weighted by Crippen LogP contribution is 2.49. The molecule has 0 saturated carbocycles. The highest BCUT2D eigenvalue weighted by atomic mass is 16.8. The molecule has 38 heavy (non-hydrogen) atoms. The van der Waals surface area contributed by atoms with E-state index >= 15 is 0 Å². The van der Waals surface area contributed by atoms with Gasteiger partial charge in [0.2, 0.25) is 6.29 Å². The van der Waals surface area contributed by atoms with Crippen LogP contribution in [0.1, 0.15) is 23.7 Å². The lowest BCUT2D eigenvalue weighted by atomic mass is 9.79. The number of allylic oxidation sites excluding steroid dienone is 1. The Labute approximate surface area is 218 Å². The Morgan fingerprint density at radius 2 is 1.95 bits per heavy atom. The van der Waals surface area contributed by atoms with Gasteiger partial charge >= 0.3 is 5.97 Å². The van der Waals surface area contributed by atoms with Crippen LogP contribution in [-0.4, -0.2) is 88.6 Å². The second-order valence-electron chi connectivity index (χ2n) is 10.2. The molecule has 11 heteroatoms. The van der Waals surface area contributed by atoms with Crippen molar-refractivity contribution in [3.63, 3.8) is 0 Å². The molecule has 3 aliphatic heterocycles. The van der Waals surface area contributed by atoms with Crippen LogP contribution >= 0.6 is 0 Å². The second kappa shape index (κ2) is 10.1. The van der Waals surface area contributed by atoms with E-state index in [1.165, 1.54) is 24.3 Å². The maximum absolute atomic E-state index is 12.6. The highest BCUT2D eigenvalue weighted by molar-refractivity contribution is 5.89. The van der Waals surface area contributed by atoms with Gasteiger partial charge in [-0.2, -0.15) is 0 Å². The fraction of sp³-hybridized carbons (Fsp3) is 0.519. The molecule has 0 unspecified atom stereocenters. The molecule has 0 radical (unpaired) electrons. The molecule has 204 valence electrons. The summed E-state index contributed by atoms with van der Waals surface area (Å²) in [6, 6.07) is 7.97. The minimum Gasteiger partial charge on any atom is -0.471 e. The van der Waals surface area contributed by atoms with Crippen molar-refractivity contribution in [1.82, 2.24) is 10.3 Å². The quantitative estimate of drug-likeness (QED) is 0.233. The Balaban J connectivity index is 1.34. The number of ether oxygens (including phenoxy) is 4. The molecule has 6 N–H and O–H groups in total. The summed E-state index contributed by atoms with van der Waals surface area (Å²) in [7, 11) is 1.32. The van der Waals surface area contributed by atoms with Crippen LogP contribution in [0.15, 0.2) is 47.7 Å². The molecule has 0 spiro atoms. The number of fused-ring (bicyclic) bond motifs is 4. The number of hydrogen-bond donors (Lipinski definition) is 6. The summed E-state index contributed by atoms with van der Waals surface area (Å²) in [5.74, 6) is -1.25. The molecule has 1 saturated heterocycles. The lowest BCUT2D eigenvalue weighted by Crippen LogP contribution is -2.60. The van der Waals surface area contributed by atoms with E-state index in [-0.39, 0.29) is 12.0 Å². The van der Waals surface area contributed by atoms with E-state index < -0.39 is 55.5 Å². The molecular weight excluding hydrogens is 496 g/mol. The zero-order valence-corrected chi connectivity index (χ0v) is 20.8. The maximum Gasteiger partial charge on any atom is 0.337 e. The van der Waals surface area contributed by atoms with E-state index in [2.05, 4.69) is 22.4 Å². The molecule has 1 aliphatic carbocycles. The van der Waals surface area contributed by atoms with E-state index in [0.29, 0.717) is 12.0 Å². The Morgan fingerprint density at radius 1 is 1.13 bits per heavy atom. The SMILES string of the molecule is COC(=O)C1=CO[C@H](O[C@@H]2O[C@H](CO)[C@@H](O)[C@H](O)[C@H]2O)[C@H]2C([C@H]3NCCc4c3[nH]c3ccccc43)=CC[C@H]12. The van der Waals surface area contributed by atoms with Gasteiger partial charge in [0.1, 0.15) is 24.4 Å². The third-order valence-electron chi connectivity index (χ3n) is 8.18. The van der Waals surface area contributed by atoms with Crippen molar-refractivity contribution < 1.29 is 44.2 Å². The molecule has 4 heterocycles. The standard InChI is InChI=1S/C27H32N2O9/c1-35-25(34)16-11-36-26(38-27-24(33)23(32)22(31)18(10-30)37-27)19-13(16)6-7-15(19)20-21-14(8-9-28-20)12-4-2-3-5-17(12)29-21/h2-5,7,11,13,18-20,22-24,26-33H,6,8-10H2,1H3/t13-,18-,19-,20-,22-,23+,24-,26-,27+/m1/s1. The number of hydrogen-bond acceptors (Lipinski definition) is 10. The first kappa shape index (κ1) is 25.5. The van der Waals surface area contributed by atoms with Gasteiger partial charge in [-0.25, -0.2) is 4.79 Å². The molecule has 4 aliphatic rings. The third-order valence-corrected chi connectivity index (χ3v) is 8.18. The van der Waals surface area contributed by atoms with Gasteiger partial charge in [0, 0.05) is 29.1 Å². The van der Waals surface area contributed by atoms with Gasteiger partial charge in [-0.15, -0.1) is 0 Å². The molecule has 6 rings (SSSR count). The van der Waals surface area contributed by atoms with Crippen molar-refractivity contribution in [3.05, 3.63) is 59.0 Å². The minimum atomic E-state index is -1.58. The van der Waals surface area contributed by atoms with Gasteiger partial charge in [0.25, 0.3) is 0 Å². The van der Waals surface area contributed by atoms with Crippen LogP contribution in [0, 0.1) is 11.8 Å². The first-order valence-corrected chi connectivity index (χ1v) is 12.9. The van der Waals surface area contributed by atoms with Gasteiger partial charge in [-0.05, 0) is 30.0 Å². The van der Waals surface area contributed by atoms with Gasteiger partial charge in [-0.3, -0.25) is 0 Å². The van der Waals surface area contributed by atoms with Crippen molar-refractivity contribution in [2.75, 3.05) is 20.3 Å². The average Bonchev–Trinajstić information content (AvgIpc) is 3.55. The lowest BCUT2D eigenvalue weighted by Gasteiger charge is -2.43. The van der Waals surface area contributed by atoms with Gasteiger partial charge in [-0.1, -0.05) is 24.3 Å². The monoisotopic (exact) mass is 528 g/mol. The van der Waals surface area contributed by atoms with Crippen LogP contribution in [0.25, 0.3) is 10.9 Å². The van der Waals surface area contributed by atoms with Gasteiger partial charge in [0.15, 0.2) is 6.29 Å². The number of esters is 1. The second-order valence-corrected chi connectivity index (χ2v) is 10.2. The third kappa shape index (κ3) is 4.06. The largest absolute Gasteiger partial charge is 0.471 e. The van der Waals surface area contributed by atoms with Crippen molar-refractivity contribution in [2.24, 2.45) is 11.8 Å². The highest BCUT2D eigenvalue weighted by Gasteiger charge is 2.51. The number of rotatable bonds is 5. The summed E-state index contributed by atoms with van der Waals surface area (Å²) in [6.45, 7) is 0.183. The Morgan fingerprint density at radius 3 is 2.74 bits per heavy atom. The van der Waals surface area contributed by atoms with Gasteiger partial charge < -0.3 is 49.7 Å². The van der Waals surface area contributed by atoms with Crippen LogP contribution < -0.4 is 5.32 Å². The number of H-pyrrole nitrogens is 1. The summed E-state index contributed by atoms with van der Waals surface area (Å²) >= 11 is 0. The Kier molecular flexibility index (Phi) is 6.77. The predicted molar refractivity (Wildman–Crippen MR) is 132 cm³/mol. The molecular formula is C27H32N2O9. The molecule has 0 amide bonds. The fourth-order valence-corrected chi connectivity index (χ4v) is 6.28. The Bertz CT molecular complexity index is 1270. The number of aromatic amines is 1. The summed E-state index contributed by atoms with van der Waals surface area (Å²) in [4.78, 5) is 16.2. The molecule has 1 fully saturated rings. The molecule has 1 aromatic carbocycles. The van der Waals surface area contributed by atoms with Gasteiger partial charge in [0.05, 0.1) is 37.5 Å². The van der Waals surface area contributed by atoms with Crippen LogP contribution in [0.5, 0.6) is 0 Å². The van der Waals surface area contributed by atoms with E-state index in [9.17, 15) is 25.2 Å². The van der Waals surface area contributed by atoms with Crippen molar-refractivity contribution in [2.45, 2.75) is 55.9 Å². The topological polar surface area (TPSA) is 163 Å². The van der Waals surface area contributed by atoms with E-state index in [1.807, 2.05) is 18.2 Å². The lowest BCUT2D eigenvalue weighted by molar-refractivity contribution is -0.339. The Hall–Kier alpha value is -2.77. The number of carbonyl (C=O) groups is 1. The first-order chi connectivity index (χ1) is 18.4. The molecule has 2 aromatic rings. The van der Waals surface area contributed by atoms with Crippen molar-refractivity contribution in [3.8, 4) is 0 Å². The van der Waals surface area contributed by atoms with Crippen LogP contribution in [0.3, 0.4) is 0 Å². The number of aromatic nitrogens is 1. The van der Waals surface area contributed by atoms with Crippen LogP contribution in [-0.2, 0) is 30.2 Å². The molecule has 0 bridgehead atoms. The number of benzene rings is 1. The minimum absolute atomic E-state index is 0.192. The number of carbonyl (C=O) groups excluding carboxylic acids is 1. The summed E-state index contributed by atoms with van der Waals surface area (Å²) < 4.78 is 22.6. The molecule has 9 atom stereocenters. The fourth-order valence-electron chi connectivity index (χ4n) is 6.28. The van der Waals surface area contributed by atoms with Crippen LogP contribution in [0.2, 0.25) is 0 Å². The zero-order valence-electron chi connectivity index (χ0n) is 20.8. The zero-order chi connectivity index (χ0) is 26.6.